The summed E-state index contributed by atoms with van der Waals surface area (Å²) in [6.45, 7) is 7.21. The molecule has 1 aromatic heterocycles. The molecule has 1 aromatic rings. The van der Waals surface area contributed by atoms with E-state index in [4.69, 9.17) is 5.73 Å². The third-order valence-corrected chi connectivity index (χ3v) is 2.23. The van der Waals surface area contributed by atoms with E-state index in [1.807, 2.05) is 13.8 Å². The predicted octanol–water partition coefficient (Wildman–Crippen LogP) is 1.62. The van der Waals surface area contributed by atoms with Gasteiger partial charge in [0, 0.05) is 6.04 Å². The number of hydrogen-bond acceptors (Lipinski definition) is 5. The zero-order valence-electron chi connectivity index (χ0n) is 10.3. The highest BCUT2D eigenvalue weighted by molar-refractivity contribution is 5.58. The van der Waals surface area contributed by atoms with Gasteiger partial charge in [0.2, 0.25) is 0 Å². The molecule has 0 saturated heterocycles. The first kappa shape index (κ1) is 13.4. The molecule has 0 bridgehead atoms. The molecule has 6 heteroatoms. The Bertz CT molecular complexity index is 405. The lowest BCUT2D eigenvalue weighted by molar-refractivity contribution is 0.508. The fourth-order valence-electron chi connectivity index (χ4n) is 1.54. The number of nitrogens with two attached hydrogens (primary N) is 1. The molecule has 5 nitrogen and oxygen atoms in total. The fourth-order valence-corrected chi connectivity index (χ4v) is 1.54. The summed E-state index contributed by atoms with van der Waals surface area (Å²) in [6, 6.07) is -0.550. The number of halogens is 1. The van der Waals surface area contributed by atoms with Crippen LogP contribution in [-0.4, -0.2) is 23.1 Å². The molecule has 1 rings (SSSR count). The number of aromatic nitrogens is 2. The van der Waals surface area contributed by atoms with Gasteiger partial charge < -0.3 is 16.4 Å². The minimum Gasteiger partial charge on any atom is -0.383 e. The molecule has 94 valence electrons. The van der Waals surface area contributed by atoms with Crippen molar-refractivity contribution in [3.05, 3.63) is 24.3 Å². The first-order chi connectivity index (χ1) is 7.97. The third-order valence-electron chi connectivity index (χ3n) is 2.23. The number of nitrogen functional groups attached to an aromatic ring is 1. The largest absolute Gasteiger partial charge is 0.383 e. The SMILES string of the molecule is C=C(F)C(NC)c1c(N)ncnc1NC(C)C. The van der Waals surface area contributed by atoms with Gasteiger partial charge >= 0.3 is 0 Å². The molecule has 0 radical (unpaired) electrons. The van der Waals surface area contributed by atoms with Crippen LogP contribution in [0.4, 0.5) is 16.0 Å². The van der Waals surface area contributed by atoms with Crippen molar-refractivity contribution in [2.24, 2.45) is 0 Å². The first-order valence-electron chi connectivity index (χ1n) is 5.35. The maximum Gasteiger partial charge on any atom is 0.136 e. The topological polar surface area (TPSA) is 75.9 Å². The molecule has 1 atom stereocenters. The van der Waals surface area contributed by atoms with Crippen molar-refractivity contribution in [3.8, 4) is 0 Å². The summed E-state index contributed by atoms with van der Waals surface area (Å²) < 4.78 is 13.4. The van der Waals surface area contributed by atoms with Gasteiger partial charge in [-0.05, 0) is 20.9 Å². The van der Waals surface area contributed by atoms with E-state index in [0.717, 1.165) is 0 Å². The fraction of sp³-hybridized carbons (Fsp3) is 0.455. The van der Waals surface area contributed by atoms with Crippen LogP contribution in [0.3, 0.4) is 0 Å². The summed E-state index contributed by atoms with van der Waals surface area (Å²) in [5.41, 5.74) is 6.26. The second kappa shape index (κ2) is 5.58. The molecule has 0 aliphatic heterocycles. The highest BCUT2D eigenvalue weighted by Crippen LogP contribution is 2.30. The molecule has 17 heavy (non-hydrogen) atoms. The zero-order chi connectivity index (χ0) is 13.0. The smallest absolute Gasteiger partial charge is 0.136 e. The number of nitrogens with zero attached hydrogens (tertiary/aromatic N) is 2. The number of hydrogen-bond donors (Lipinski definition) is 3. The molecule has 0 aliphatic rings. The van der Waals surface area contributed by atoms with E-state index in [9.17, 15) is 4.39 Å². The van der Waals surface area contributed by atoms with E-state index >= 15 is 0 Å². The zero-order valence-corrected chi connectivity index (χ0v) is 10.3. The average Bonchev–Trinajstić information content (AvgIpc) is 2.21. The van der Waals surface area contributed by atoms with Crippen molar-refractivity contribution in [3.63, 3.8) is 0 Å². The van der Waals surface area contributed by atoms with E-state index < -0.39 is 11.9 Å². The van der Waals surface area contributed by atoms with Crippen molar-refractivity contribution >= 4 is 11.6 Å². The maximum atomic E-state index is 13.4. The van der Waals surface area contributed by atoms with Crippen molar-refractivity contribution in [1.82, 2.24) is 15.3 Å². The molecule has 4 N–H and O–H groups in total. The Morgan fingerprint density at radius 2 is 2.12 bits per heavy atom. The van der Waals surface area contributed by atoms with Crippen molar-refractivity contribution in [2.45, 2.75) is 25.9 Å². The van der Waals surface area contributed by atoms with E-state index in [1.165, 1.54) is 6.33 Å². The van der Waals surface area contributed by atoms with Gasteiger partial charge in [0.15, 0.2) is 0 Å². The number of likely N-dealkylation sites (N-methyl/N-ethyl adjacent to an activating group) is 1. The quantitative estimate of drug-likeness (QED) is 0.728. The van der Waals surface area contributed by atoms with Crippen molar-refractivity contribution < 1.29 is 4.39 Å². The van der Waals surface area contributed by atoms with Crippen LogP contribution < -0.4 is 16.4 Å². The molecular formula is C11H18FN5. The van der Waals surface area contributed by atoms with Crippen LogP contribution in [-0.2, 0) is 0 Å². The van der Waals surface area contributed by atoms with E-state index in [2.05, 4.69) is 27.2 Å². The highest BCUT2D eigenvalue weighted by atomic mass is 19.1. The minimum atomic E-state index is -0.711. The van der Waals surface area contributed by atoms with E-state index in [-0.39, 0.29) is 11.9 Å². The number of rotatable bonds is 5. The monoisotopic (exact) mass is 239 g/mol. The van der Waals surface area contributed by atoms with Crippen LogP contribution in [0.1, 0.15) is 25.5 Å². The maximum absolute atomic E-state index is 13.4. The van der Waals surface area contributed by atoms with Gasteiger partial charge in [-0.1, -0.05) is 6.58 Å². The van der Waals surface area contributed by atoms with E-state index in [0.29, 0.717) is 11.4 Å². The third kappa shape index (κ3) is 3.13. The van der Waals surface area contributed by atoms with Gasteiger partial charge in [0.25, 0.3) is 0 Å². The van der Waals surface area contributed by atoms with Crippen LogP contribution in [0.5, 0.6) is 0 Å². The normalized spacial score (nSPS) is 12.5. The van der Waals surface area contributed by atoms with Gasteiger partial charge in [-0.2, -0.15) is 0 Å². The molecular weight excluding hydrogens is 221 g/mol. The summed E-state index contributed by atoms with van der Waals surface area (Å²) >= 11 is 0. The van der Waals surface area contributed by atoms with Crippen LogP contribution in [0.25, 0.3) is 0 Å². The van der Waals surface area contributed by atoms with E-state index in [1.54, 1.807) is 7.05 Å². The minimum absolute atomic E-state index is 0.161. The molecule has 0 fully saturated rings. The first-order valence-corrected chi connectivity index (χ1v) is 5.35. The predicted molar refractivity (Wildman–Crippen MR) is 67.3 cm³/mol. The molecule has 1 heterocycles. The standard InChI is InChI=1S/C11H18FN5/c1-6(2)17-11-8(9(14-4)7(3)12)10(13)15-5-16-11/h5-6,9,14H,3H2,1-2,4H3,(H3,13,15,16,17). The molecule has 0 aliphatic carbocycles. The van der Waals surface area contributed by atoms with Gasteiger partial charge in [-0.15, -0.1) is 0 Å². The summed E-state index contributed by atoms with van der Waals surface area (Å²) in [4.78, 5) is 7.96. The van der Waals surface area contributed by atoms with Crippen LogP contribution in [0.15, 0.2) is 18.7 Å². The Morgan fingerprint density at radius 3 is 2.59 bits per heavy atom. The van der Waals surface area contributed by atoms with Gasteiger partial charge in [0.05, 0.1) is 11.6 Å². The van der Waals surface area contributed by atoms with Crippen LogP contribution in [0.2, 0.25) is 0 Å². The summed E-state index contributed by atoms with van der Waals surface area (Å²) in [7, 11) is 1.63. The second-order valence-electron chi connectivity index (χ2n) is 3.99. The Hall–Kier alpha value is -1.69. The summed E-state index contributed by atoms with van der Waals surface area (Å²) in [5.74, 6) is 0.229. The Morgan fingerprint density at radius 1 is 1.47 bits per heavy atom. The number of anilines is 2. The van der Waals surface area contributed by atoms with Crippen molar-refractivity contribution in [1.29, 1.82) is 0 Å². The van der Waals surface area contributed by atoms with Gasteiger partial charge in [-0.3, -0.25) is 0 Å². The molecule has 1 unspecified atom stereocenters. The molecule has 0 aromatic carbocycles. The van der Waals surface area contributed by atoms with Gasteiger partial charge in [0.1, 0.15) is 23.8 Å². The van der Waals surface area contributed by atoms with Crippen LogP contribution in [0, 0.1) is 0 Å². The van der Waals surface area contributed by atoms with Gasteiger partial charge in [-0.25, -0.2) is 14.4 Å². The molecule has 0 spiro atoms. The highest BCUT2D eigenvalue weighted by Gasteiger charge is 2.22. The number of nitrogens with one attached hydrogen (secondary N) is 2. The Labute approximate surface area is 100 Å². The summed E-state index contributed by atoms with van der Waals surface area (Å²) in [5, 5.41) is 5.90. The Kier molecular flexibility index (Phi) is 4.39. The lowest BCUT2D eigenvalue weighted by Crippen LogP contribution is -2.23. The Balaban J connectivity index is 3.23. The lowest BCUT2D eigenvalue weighted by Gasteiger charge is -2.20. The average molecular weight is 239 g/mol. The molecule has 0 saturated carbocycles. The summed E-state index contributed by atoms with van der Waals surface area (Å²) in [6.07, 6.45) is 1.34. The van der Waals surface area contributed by atoms with Crippen LogP contribution >= 0.6 is 0 Å². The molecule has 0 amide bonds. The lowest BCUT2D eigenvalue weighted by atomic mass is 10.1. The van der Waals surface area contributed by atoms with Crippen molar-refractivity contribution in [2.75, 3.05) is 18.1 Å². The second-order valence-corrected chi connectivity index (χ2v) is 3.99.